The number of aromatic nitrogens is 1. The highest BCUT2D eigenvalue weighted by molar-refractivity contribution is 7.89. The van der Waals surface area contributed by atoms with E-state index in [4.69, 9.17) is 9.47 Å². The molecule has 1 amide bonds. The summed E-state index contributed by atoms with van der Waals surface area (Å²) in [4.78, 5) is 16.5. The highest BCUT2D eigenvalue weighted by Gasteiger charge is 2.15. The number of amides is 1. The Bertz CT molecular complexity index is 898. The molecule has 0 aliphatic rings. The number of nitrogens with zero attached hydrogens (tertiary/aromatic N) is 1. The Hall–Kier alpha value is -2.75. The zero-order chi connectivity index (χ0) is 20.4. The summed E-state index contributed by atoms with van der Waals surface area (Å²) in [5.41, 5.74) is 1.03. The fourth-order valence-corrected chi connectivity index (χ4v) is 3.22. The van der Waals surface area contributed by atoms with Crippen LogP contribution in [-0.2, 0) is 21.3 Å². The number of nitrogens with one attached hydrogen (secondary N) is 2. The minimum Gasteiger partial charge on any atom is -0.475 e. The molecule has 0 unspecified atom stereocenters. The second-order valence-electron chi connectivity index (χ2n) is 5.70. The molecule has 2 rings (SSSR count). The second-order valence-corrected chi connectivity index (χ2v) is 7.46. The van der Waals surface area contributed by atoms with Crippen molar-refractivity contribution in [2.45, 2.75) is 11.4 Å². The van der Waals surface area contributed by atoms with Gasteiger partial charge in [0.1, 0.15) is 6.61 Å². The number of ether oxygens (including phenoxy) is 2. The van der Waals surface area contributed by atoms with Gasteiger partial charge in [0.2, 0.25) is 15.9 Å². The van der Waals surface area contributed by atoms with Crippen molar-refractivity contribution < 1.29 is 22.7 Å². The largest absolute Gasteiger partial charge is 0.475 e. The molecule has 0 aliphatic carbocycles. The van der Waals surface area contributed by atoms with E-state index in [2.05, 4.69) is 21.6 Å². The number of pyridine rings is 1. The fourth-order valence-electron chi connectivity index (χ4n) is 2.17. The summed E-state index contributed by atoms with van der Waals surface area (Å²) >= 11 is 0. The molecule has 0 aliphatic heterocycles. The first kappa shape index (κ1) is 21.5. The van der Waals surface area contributed by atoms with Crippen LogP contribution in [0, 0.1) is 0 Å². The van der Waals surface area contributed by atoms with Crippen LogP contribution < -0.4 is 14.8 Å². The summed E-state index contributed by atoms with van der Waals surface area (Å²) in [6.07, 6.45) is 3.04. The first-order valence-corrected chi connectivity index (χ1v) is 10.00. The van der Waals surface area contributed by atoms with Crippen LogP contribution in [0.5, 0.6) is 5.88 Å². The third-order valence-electron chi connectivity index (χ3n) is 3.61. The van der Waals surface area contributed by atoms with Crippen molar-refractivity contribution in [2.75, 3.05) is 26.9 Å². The number of carbonyl (C=O) groups is 1. The Morgan fingerprint density at radius 1 is 1.25 bits per heavy atom. The third-order valence-corrected chi connectivity index (χ3v) is 5.03. The van der Waals surface area contributed by atoms with Gasteiger partial charge in [0.15, 0.2) is 0 Å². The van der Waals surface area contributed by atoms with Crippen molar-refractivity contribution in [3.8, 4) is 5.88 Å². The number of benzene rings is 1. The summed E-state index contributed by atoms with van der Waals surface area (Å²) in [6, 6.07) is 9.31. The molecule has 0 radical (unpaired) electrons. The molecule has 1 heterocycles. The lowest BCUT2D eigenvalue weighted by Gasteiger charge is -2.09. The molecule has 8 nitrogen and oxygen atoms in total. The van der Waals surface area contributed by atoms with Gasteiger partial charge >= 0.3 is 0 Å². The average molecular weight is 405 g/mol. The van der Waals surface area contributed by atoms with Gasteiger partial charge in [-0.15, -0.1) is 6.58 Å². The van der Waals surface area contributed by atoms with E-state index in [0.717, 1.165) is 5.56 Å². The Morgan fingerprint density at radius 3 is 2.75 bits per heavy atom. The van der Waals surface area contributed by atoms with Gasteiger partial charge in [-0.25, -0.2) is 18.1 Å². The summed E-state index contributed by atoms with van der Waals surface area (Å²) in [5, 5.41) is 2.74. The molecule has 28 heavy (non-hydrogen) atoms. The summed E-state index contributed by atoms with van der Waals surface area (Å²) in [6.45, 7) is 4.70. The van der Waals surface area contributed by atoms with E-state index in [0.29, 0.717) is 19.1 Å². The van der Waals surface area contributed by atoms with Crippen LogP contribution >= 0.6 is 0 Å². The van der Waals surface area contributed by atoms with Gasteiger partial charge in [0, 0.05) is 38.0 Å². The maximum Gasteiger partial charge on any atom is 0.251 e. The third kappa shape index (κ3) is 6.45. The van der Waals surface area contributed by atoms with Gasteiger partial charge in [-0.05, 0) is 23.8 Å². The SMILES string of the molecule is C=CCNS(=O)(=O)c1cccc(C(=O)NCc2ccc(OCCOC)nc2)c1. The monoisotopic (exact) mass is 405 g/mol. The van der Waals surface area contributed by atoms with Crippen molar-refractivity contribution >= 4 is 15.9 Å². The first-order chi connectivity index (χ1) is 13.5. The topological polar surface area (TPSA) is 107 Å². The van der Waals surface area contributed by atoms with Gasteiger partial charge in [-0.3, -0.25) is 4.79 Å². The Balaban J connectivity index is 1.96. The highest BCUT2D eigenvalue weighted by atomic mass is 32.2. The van der Waals surface area contributed by atoms with Crippen molar-refractivity contribution in [1.29, 1.82) is 0 Å². The van der Waals surface area contributed by atoms with Crippen molar-refractivity contribution in [3.63, 3.8) is 0 Å². The molecule has 1 aromatic carbocycles. The molecule has 9 heteroatoms. The second kappa shape index (κ2) is 10.5. The van der Waals surface area contributed by atoms with Crippen molar-refractivity contribution in [1.82, 2.24) is 15.0 Å². The molecule has 0 spiro atoms. The van der Waals surface area contributed by atoms with E-state index in [1.54, 1.807) is 31.5 Å². The van der Waals surface area contributed by atoms with E-state index >= 15 is 0 Å². The quantitative estimate of drug-likeness (QED) is 0.433. The van der Waals surface area contributed by atoms with Crippen LogP contribution in [0.25, 0.3) is 0 Å². The predicted octanol–water partition coefficient (Wildman–Crippen LogP) is 1.50. The van der Waals surface area contributed by atoms with Gasteiger partial charge in [-0.2, -0.15) is 0 Å². The normalized spacial score (nSPS) is 11.0. The lowest BCUT2D eigenvalue weighted by Crippen LogP contribution is -2.25. The molecular formula is C19H23N3O5S. The van der Waals surface area contributed by atoms with E-state index in [1.807, 2.05) is 0 Å². The zero-order valence-corrected chi connectivity index (χ0v) is 16.4. The fraction of sp³-hybridized carbons (Fsp3) is 0.263. The van der Waals surface area contributed by atoms with Crippen LogP contribution in [0.4, 0.5) is 0 Å². The first-order valence-electron chi connectivity index (χ1n) is 8.52. The van der Waals surface area contributed by atoms with Crippen LogP contribution in [0.1, 0.15) is 15.9 Å². The van der Waals surface area contributed by atoms with Gasteiger partial charge in [-0.1, -0.05) is 18.2 Å². The zero-order valence-electron chi connectivity index (χ0n) is 15.6. The summed E-state index contributed by atoms with van der Waals surface area (Å²) in [5.74, 6) is 0.0817. The highest BCUT2D eigenvalue weighted by Crippen LogP contribution is 2.12. The Labute approximate surface area is 164 Å². The summed E-state index contributed by atoms with van der Waals surface area (Å²) < 4.78 is 36.9. The molecule has 0 atom stereocenters. The van der Waals surface area contributed by atoms with Crippen molar-refractivity contribution in [2.24, 2.45) is 0 Å². The minimum atomic E-state index is -3.69. The number of rotatable bonds is 11. The molecule has 0 saturated heterocycles. The van der Waals surface area contributed by atoms with E-state index in [9.17, 15) is 13.2 Å². The molecule has 1 aromatic heterocycles. The van der Waals surface area contributed by atoms with Crippen molar-refractivity contribution in [3.05, 3.63) is 66.4 Å². The van der Waals surface area contributed by atoms with E-state index < -0.39 is 10.0 Å². The predicted molar refractivity (Wildman–Crippen MR) is 105 cm³/mol. The van der Waals surface area contributed by atoms with Crippen LogP contribution in [-0.4, -0.2) is 46.2 Å². The molecular weight excluding hydrogens is 382 g/mol. The molecule has 150 valence electrons. The van der Waals surface area contributed by atoms with Gasteiger partial charge < -0.3 is 14.8 Å². The Morgan fingerprint density at radius 2 is 2.07 bits per heavy atom. The summed E-state index contributed by atoms with van der Waals surface area (Å²) in [7, 11) is -2.11. The minimum absolute atomic E-state index is 0.0150. The van der Waals surface area contributed by atoms with E-state index in [-0.39, 0.29) is 29.5 Å². The molecule has 0 fully saturated rings. The smallest absolute Gasteiger partial charge is 0.251 e. The number of methoxy groups -OCH3 is 1. The standard InChI is InChI=1S/C19H23N3O5S/c1-3-9-22-28(24,25)17-6-4-5-16(12-17)19(23)21-14-15-7-8-18(20-13-15)27-11-10-26-2/h3-8,12-13,22H,1,9-11,14H2,2H3,(H,21,23). The number of hydrogen-bond acceptors (Lipinski definition) is 6. The van der Waals surface area contributed by atoms with Crippen LogP contribution in [0.3, 0.4) is 0 Å². The molecule has 2 aromatic rings. The lowest BCUT2D eigenvalue weighted by atomic mass is 10.2. The Kier molecular flexibility index (Phi) is 8.12. The van der Waals surface area contributed by atoms with Crippen LogP contribution in [0.2, 0.25) is 0 Å². The lowest BCUT2D eigenvalue weighted by molar-refractivity contribution is 0.0950. The van der Waals surface area contributed by atoms with Crippen LogP contribution in [0.15, 0.2) is 60.1 Å². The molecule has 0 saturated carbocycles. The van der Waals surface area contributed by atoms with Gasteiger partial charge in [0.25, 0.3) is 5.91 Å². The van der Waals surface area contributed by atoms with E-state index in [1.165, 1.54) is 24.3 Å². The maximum atomic E-state index is 12.4. The number of sulfonamides is 1. The molecule has 2 N–H and O–H groups in total. The van der Waals surface area contributed by atoms with Gasteiger partial charge in [0.05, 0.1) is 11.5 Å². The number of hydrogen-bond donors (Lipinski definition) is 2. The number of carbonyl (C=O) groups excluding carboxylic acids is 1. The average Bonchev–Trinajstić information content (AvgIpc) is 2.72. The molecule has 0 bridgehead atoms. The maximum absolute atomic E-state index is 12.4.